The molecule has 1 aromatic carbocycles. The topological polar surface area (TPSA) is 94.2 Å². The van der Waals surface area contributed by atoms with Gasteiger partial charge in [0.1, 0.15) is 5.69 Å². The van der Waals surface area contributed by atoms with Crippen LogP contribution in [0.3, 0.4) is 0 Å². The van der Waals surface area contributed by atoms with Crippen LogP contribution in [0.2, 0.25) is 0 Å². The number of hydrogen-bond acceptors (Lipinski definition) is 3. The molecule has 1 aromatic heterocycles. The number of aromatic nitrogens is 1. The largest absolute Gasteiger partial charge is 0.354 e. The van der Waals surface area contributed by atoms with Gasteiger partial charge in [0.2, 0.25) is 0 Å². The summed E-state index contributed by atoms with van der Waals surface area (Å²) in [5.41, 5.74) is 5.01. The molecule has 25 heavy (non-hydrogen) atoms. The van der Waals surface area contributed by atoms with Crippen molar-refractivity contribution in [3.8, 4) is 0 Å². The quantitative estimate of drug-likeness (QED) is 0.507. The Morgan fingerprint density at radius 3 is 2.12 bits per heavy atom. The minimum atomic E-state index is -0.569. The normalized spacial score (nSPS) is 12.6. The van der Waals surface area contributed by atoms with E-state index in [9.17, 15) is 9.59 Å². The Labute approximate surface area is 147 Å². The molecule has 1 atom stereocenters. The van der Waals surface area contributed by atoms with Crippen molar-refractivity contribution in [1.82, 2.24) is 15.8 Å². The summed E-state index contributed by atoms with van der Waals surface area (Å²) in [6.45, 7) is 9.93. The van der Waals surface area contributed by atoms with Crippen LogP contribution in [0.5, 0.6) is 0 Å². The van der Waals surface area contributed by atoms with Gasteiger partial charge in [0.25, 0.3) is 11.8 Å². The zero-order chi connectivity index (χ0) is 18.8. The number of carbonyl (C=O) groups excluding carboxylic acids is 2. The van der Waals surface area contributed by atoms with Crippen LogP contribution in [0.4, 0.5) is 0 Å². The molecule has 1 unspecified atom stereocenters. The summed E-state index contributed by atoms with van der Waals surface area (Å²) in [5, 5.41) is 11.8. The van der Waals surface area contributed by atoms with E-state index < -0.39 is 5.91 Å². The molecule has 0 bridgehead atoms. The van der Waals surface area contributed by atoms with Gasteiger partial charge in [-0.25, -0.2) is 5.48 Å². The molecule has 0 saturated heterocycles. The first-order chi connectivity index (χ1) is 11.6. The predicted octanol–water partition coefficient (Wildman–Crippen LogP) is 3.27. The maximum Gasteiger partial charge on any atom is 0.274 e. The molecule has 2 amide bonds. The summed E-state index contributed by atoms with van der Waals surface area (Å²) in [6.07, 6.45) is 0. The molecule has 2 aromatic rings. The first-order valence-corrected chi connectivity index (χ1v) is 8.15. The van der Waals surface area contributed by atoms with Gasteiger partial charge < -0.3 is 10.3 Å². The summed E-state index contributed by atoms with van der Waals surface area (Å²) in [4.78, 5) is 27.2. The summed E-state index contributed by atoms with van der Waals surface area (Å²) < 4.78 is 0. The Balaban J connectivity index is 2.29. The van der Waals surface area contributed by atoms with Crippen molar-refractivity contribution >= 4 is 11.8 Å². The lowest BCUT2D eigenvalue weighted by atomic mass is 9.82. The summed E-state index contributed by atoms with van der Waals surface area (Å²) in [7, 11) is 0. The van der Waals surface area contributed by atoms with Crippen LogP contribution in [-0.4, -0.2) is 22.0 Å². The predicted molar refractivity (Wildman–Crippen MR) is 95.6 cm³/mol. The summed E-state index contributed by atoms with van der Waals surface area (Å²) >= 11 is 0. The molecule has 4 N–H and O–H groups in total. The number of amides is 2. The molecule has 0 aliphatic heterocycles. The standard InChI is InChI=1S/C19H25N3O3/c1-11-10-12(2)20-15(11)18(24)21-16(19(3,4)5)13-6-8-14(9-7-13)17(23)22-25/h6-10,16,20,25H,1-5H3,(H,21,24)(H,22,23). The fourth-order valence-electron chi connectivity index (χ4n) is 2.86. The van der Waals surface area contributed by atoms with Crippen molar-refractivity contribution in [2.45, 2.75) is 40.7 Å². The average molecular weight is 343 g/mol. The summed E-state index contributed by atoms with van der Waals surface area (Å²) in [5.74, 6) is -0.733. The van der Waals surface area contributed by atoms with Crippen molar-refractivity contribution < 1.29 is 14.8 Å². The van der Waals surface area contributed by atoms with Gasteiger partial charge in [0.05, 0.1) is 6.04 Å². The van der Waals surface area contributed by atoms with Crippen LogP contribution in [0.1, 0.15) is 64.5 Å². The van der Waals surface area contributed by atoms with Gasteiger partial charge >= 0.3 is 0 Å². The minimum Gasteiger partial charge on any atom is -0.354 e. The lowest BCUT2D eigenvalue weighted by Crippen LogP contribution is -2.37. The van der Waals surface area contributed by atoms with Gasteiger partial charge in [-0.3, -0.25) is 14.8 Å². The molecule has 0 aliphatic rings. The Morgan fingerprint density at radius 2 is 1.68 bits per heavy atom. The lowest BCUT2D eigenvalue weighted by molar-refractivity contribution is 0.0706. The van der Waals surface area contributed by atoms with Gasteiger partial charge in [0.15, 0.2) is 0 Å². The van der Waals surface area contributed by atoms with Crippen LogP contribution >= 0.6 is 0 Å². The van der Waals surface area contributed by atoms with Crippen molar-refractivity contribution in [1.29, 1.82) is 0 Å². The number of hydroxylamine groups is 1. The number of carbonyl (C=O) groups is 2. The van der Waals surface area contributed by atoms with Crippen LogP contribution < -0.4 is 10.8 Å². The number of nitrogens with one attached hydrogen (secondary N) is 3. The highest BCUT2D eigenvalue weighted by Crippen LogP contribution is 2.33. The Hall–Kier alpha value is -2.60. The molecule has 0 radical (unpaired) electrons. The first kappa shape index (κ1) is 18.7. The smallest absolute Gasteiger partial charge is 0.274 e. The Bertz CT molecular complexity index is 770. The SMILES string of the molecule is Cc1cc(C)c(C(=O)NC(c2ccc(C(=O)NO)cc2)C(C)(C)C)[nH]1. The van der Waals surface area contributed by atoms with Crippen LogP contribution in [-0.2, 0) is 0 Å². The number of rotatable bonds is 4. The molecule has 6 heteroatoms. The average Bonchev–Trinajstić information content (AvgIpc) is 2.89. The second kappa shape index (κ2) is 7.11. The van der Waals surface area contributed by atoms with E-state index >= 15 is 0 Å². The van der Waals surface area contributed by atoms with Crippen LogP contribution in [0, 0.1) is 19.3 Å². The molecule has 0 spiro atoms. The van der Waals surface area contributed by atoms with Gasteiger partial charge in [0, 0.05) is 11.3 Å². The number of aryl methyl sites for hydroxylation is 2. The maximum absolute atomic E-state index is 12.7. The molecule has 1 heterocycles. The highest BCUT2D eigenvalue weighted by Gasteiger charge is 2.29. The number of aromatic amines is 1. The van der Waals surface area contributed by atoms with Crippen LogP contribution in [0.15, 0.2) is 30.3 Å². The highest BCUT2D eigenvalue weighted by atomic mass is 16.5. The van der Waals surface area contributed by atoms with E-state index in [0.29, 0.717) is 11.3 Å². The zero-order valence-corrected chi connectivity index (χ0v) is 15.2. The van der Waals surface area contributed by atoms with Gasteiger partial charge in [-0.1, -0.05) is 32.9 Å². The van der Waals surface area contributed by atoms with E-state index in [0.717, 1.165) is 16.8 Å². The molecule has 6 nitrogen and oxygen atoms in total. The Morgan fingerprint density at radius 1 is 1.08 bits per heavy atom. The molecule has 0 aliphatic carbocycles. The molecule has 0 saturated carbocycles. The lowest BCUT2D eigenvalue weighted by Gasteiger charge is -2.32. The van der Waals surface area contributed by atoms with Crippen molar-refractivity contribution in [2.75, 3.05) is 0 Å². The Kier molecular flexibility index (Phi) is 5.33. The van der Waals surface area contributed by atoms with Gasteiger partial charge in [-0.05, 0) is 48.6 Å². The van der Waals surface area contributed by atoms with Crippen molar-refractivity contribution in [3.63, 3.8) is 0 Å². The number of hydrogen-bond donors (Lipinski definition) is 4. The number of benzene rings is 1. The fourth-order valence-corrected chi connectivity index (χ4v) is 2.86. The second-order valence-electron chi connectivity index (χ2n) is 7.35. The zero-order valence-electron chi connectivity index (χ0n) is 15.2. The molecular weight excluding hydrogens is 318 g/mol. The highest BCUT2D eigenvalue weighted by molar-refractivity contribution is 5.94. The van der Waals surface area contributed by atoms with Gasteiger partial charge in [-0.2, -0.15) is 0 Å². The molecular formula is C19H25N3O3. The monoisotopic (exact) mass is 343 g/mol. The summed E-state index contributed by atoms with van der Waals surface area (Å²) in [6, 6.07) is 8.50. The van der Waals surface area contributed by atoms with Gasteiger partial charge in [-0.15, -0.1) is 0 Å². The third kappa shape index (κ3) is 4.28. The van der Waals surface area contributed by atoms with E-state index in [1.807, 2.05) is 40.7 Å². The second-order valence-corrected chi connectivity index (χ2v) is 7.35. The molecule has 0 fully saturated rings. The third-order valence-corrected chi connectivity index (χ3v) is 4.13. The maximum atomic E-state index is 12.7. The third-order valence-electron chi connectivity index (χ3n) is 4.13. The van der Waals surface area contributed by atoms with Crippen LogP contribution in [0.25, 0.3) is 0 Å². The van der Waals surface area contributed by atoms with E-state index in [2.05, 4.69) is 10.3 Å². The first-order valence-electron chi connectivity index (χ1n) is 8.15. The minimum absolute atomic E-state index is 0.164. The molecule has 2 rings (SSSR count). The number of H-pyrrole nitrogens is 1. The fraction of sp³-hybridized carbons (Fsp3) is 0.368. The van der Waals surface area contributed by atoms with E-state index in [-0.39, 0.29) is 17.4 Å². The molecule has 134 valence electrons. The van der Waals surface area contributed by atoms with E-state index in [1.54, 1.807) is 29.7 Å². The van der Waals surface area contributed by atoms with E-state index in [4.69, 9.17) is 5.21 Å². The van der Waals surface area contributed by atoms with Crippen molar-refractivity contribution in [2.24, 2.45) is 5.41 Å². The van der Waals surface area contributed by atoms with E-state index in [1.165, 1.54) is 0 Å². The van der Waals surface area contributed by atoms with Crippen molar-refractivity contribution in [3.05, 3.63) is 58.4 Å².